The molecule has 0 bridgehead atoms. The average Bonchev–Trinajstić information content (AvgIpc) is 2.45. The predicted molar refractivity (Wildman–Crippen MR) is 78.6 cm³/mol. The second kappa shape index (κ2) is 7.10. The Morgan fingerprint density at radius 2 is 1.84 bits per heavy atom. The van der Waals surface area contributed by atoms with Crippen LogP contribution in [0.1, 0.15) is 39.2 Å². The van der Waals surface area contributed by atoms with Crippen LogP contribution in [-0.4, -0.2) is 23.2 Å². The van der Waals surface area contributed by atoms with E-state index in [4.69, 9.17) is 0 Å². The van der Waals surface area contributed by atoms with E-state index in [0.717, 1.165) is 11.1 Å². The first kappa shape index (κ1) is 15.4. The lowest BCUT2D eigenvalue weighted by molar-refractivity contribution is -0.117. The fraction of sp³-hybridized carbons (Fsp3) is 0.438. The summed E-state index contributed by atoms with van der Waals surface area (Å²) >= 11 is 0. The molecule has 104 valence electrons. The summed E-state index contributed by atoms with van der Waals surface area (Å²) in [5.74, 6) is -0.165. The molecule has 0 spiro atoms. The van der Waals surface area contributed by atoms with E-state index < -0.39 is 5.60 Å². The van der Waals surface area contributed by atoms with Crippen LogP contribution in [0, 0.1) is 0 Å². The van der Waals surface area contributed by atoms with Gasteiger partial charge in [-0.25, -0.2) is 0 Å². The number of hydrogen-bond acceptors (Lipinski definition) is 2. The van der Waals surface area contributed by atoms with Crippen molar-refractivity contribution in [1.29, 1.82) is 0 Å². The van der Waals surface area contributed by atoms with Crippen LogP contribution in [0.5, 0.6) is 0 Å². The Morgan fingerprint density at radius 3 is 2.37 bits per heavy atom. The normalized spacial score (nSPS) is 12.3. The quantitative estimate of drug-likeness (QED) is 0.774. The van der Waals surface area contributed by atoms with Crippen LogP contribution in [0.4, 0.5) is 0 Å². The Labute approximate surface area is 115 Å². The van der Waals surface area contributed by atoms with E-state index in [9.17, 15) is 9.90 Å². The van der Waals surface area contributed by atoms with Gasteiger partial charge in [0.1, 0.15) is 0 Å². The number of amides is 1. The molecule has 0 fully saturated rings. The number of rotatable bonds is 6. The largest absolute Gasteiger partial charge is 0.388 e. The number of nitrogens with one attached hydrogen (secondary N) is 1. The summed E-state index contributed by atoms with van der Waals surface area (Å²) in [4.78, 5) is 11.8. The number of carbonyl (C=O) groups is 1. The SMILES string of the molecule is CCC(O)(CC)CNC(=O)C=C(C)c1ccccc1. The van der Waals surface area contributed by atoms with E-state index in [0.29, 0.717) is 12.8 Å². The van der Waals surface area contributed by atoms with Gasteiger partial charge < -0.3 is 10.4 Å². The molecular formula is C16H23NO2. The van der Waals surface area contributed by atoms with Gasteiger partial charge in [0.25, 0.3) is 0 Å². The van der Waals surface area contributed by atoms with Gasteiger partial charge in [-0.15, -0.1) is 0 Å². The molecule has 0 radical (unpaired) electrons. The Kier molecular flexibility index (Phi) is 5.77. The maximum Gasteiger partial charge on any atom is 0.244 e. The molecule has 0 aromatic heterocycles. The van der Waals surface area contributed by atoms with Crippen molar-refractivity contribution in [2.24, 2.45) is 0 Å². The topological polar surface area (TPSA) is 49.3 Å². The molecule has 1 amide bonds. The summed E-state index contributed by atoms with van der Waals surface area (Å²) in [6, 6.07) is 9.76. The van der Waals surface area contributed by atoms with E-state index in [1.165, 1.54) is 0 Å². The molecule has 0 aliphatic carbocycles. The number of benzene rings is 1. The Bertz CT molecular complexity index is 433. The highest BCUT2D eigenvalue weighted by Crippen LogP contribution is 2.14. The number of aliphatic hydroxyl groups is 1. The summed E-state index contributed by atoms with van der Waals surface area (Å²) in [7, 11) is 0. The summed E-state index contributed by atoms with van der Waals surface area (Å²) in [6.07, 6.45) is 2.83. The van der Waals surface area contributed by atoms with Crippen LogP contribution < -0.4 is 5.32 Å². The van der Waals surface area contributed by atoms with Gasteiger partial charge in [-0.05, 0) is 30.9 Å². The fourth-order valence-corrected chi connectivity index (χ4v) is 1.78. The van der Waals surface area contributed by atoms with Gasteiger partial charge >= 0.3 is 0 Å². The van der Waals surface area contributed by atoms with Gasteiger partial charge in [-0.3, -0.25) is 4.79 Å². The predicted octanol–water partition coefficient (Wildman–Crippen LogP) is 2.76. The molecule has 0 saturated carbocycles. The second-order valence-electron chi connectivity index (χ2n) is 4.84. The van der Waals surface area contributed by atoms with Crippen LogP contribution >= 0.6 is 0 Å². The molecule has 0 aliphatic heterocycles. The highest BCUT2D eigenvalue weighted by Gasteiger charge is 2.22. The van der Waals surface area contributed by atoms with Crippen molar-refractivity contribution in [2.75, 3.05) is 6.54 Å². The minimum absolute atomic E-state index is 0.165. The minimum Gasteiger partial charge on any atom is -0.388 e. The third-order valence-corrected chi connectivity index (χ3v) is 3.48. The molecule has 3 nitrogen and oxygen atoms in total. The maximum atomic E-state index is 11.8. The Morgan fingerprint density at radius 1 is 1.26 bits per heavy atom. The van der Waals surface area contributed by atoms with Crippen LogP contribution in [0.25, 0.3) is 5.57 Å². The smallest absolute Gasteiger partial charge is 0.244 e. The van der Waals surface area contributed by atoms with E-state index in [1.54, 1.807) is 6.08 Å². The first-order chi connectivity index (χ1) is 9.00. The molecule has 0 unspecified atom stereocenters. The first-order valence-electron chi connectivity index (χ1n) is 6.74. The molecule has 0 saturated heterocycles. The lowest BCUT2D eigenvalue weighted by Gasteiger charge is -2.25. The summed E-state index contributed by atoms with van der Waals surface area (Å²) in [6.45, 7) is 6.03. The fourth-order valence-electron chi connectivity index (χ4n) is 1.78. The Hall–Kier alpha value is -1.61. The highest BCUT2D eigenvalue weighted by molar-refractivity contribution is 5.94. The van der Waals surface area contributed by atoms with Crippen LogP contribution in [-0.2, 0) is 4.79 Å². The maximum absolute atomic E-state index is 11.8. The van der Waals surface area contributed by atoms with Crippen molar-refractivity contribution in [3.8, 4) is 0 Å². The van der Waals surface area contributed by atoms with Crippen LogP contribution in [0.3, 0.4) is 0 Å². The highest BCUT2D eigenvalue weighted by atomic mass is 16.3. The monoisotopic (exact) mass is 261 g/mol. The molecular weight excluding hydrogens is 238 g/mol. The average molecular weight is 261 g/mol. The van der Waals surface area contributed by atoms with Crippen molar-refractivity contribution in [3.05, 3.63) is 42.0 Å². The standard InChI is InChI=1S/C16H23NO2/c1-4-16(19,5-2)12-17-15(18)11-13(3)14-9-7-6-8-10-14/h6-11,19H,4-5,12H2,1-3H3,(H,17,18). The number of hydrogen-bond donors (Lipinski definition) is 2. The molecule has 19 heavy (non-hydrogen) atoms. The third kappa shape index (κ3) is 4.87. The zero-order valence-electron chi connectivity index (χ0n) is 11.9. The summed E-state index contributed by atoms with van der Waals surface area (Å²) in [5, 5.41) is 12.9. The minimum atomic E-state index is -0.801. The van der Waals surface area contributed by atoms with Crippen molar-refractivity contribution < 1.29 is 9.90 Å². The number of allylic oxidation sites excluding steroid dienone is 1. The van der Waals surface area contributed by atoms with Crippen molar-refractivity contribution in [1.82, 2.24) is 5.32 Å². The molecule has 1 aromatic rings. The van der Waals surface area contributed by atoms with Crippen LogP contribution in [0.15, 0.2) is 36.4 Å². The summed E-state index contributed by atoms with van der Waals surface area (Å²) < 4.78 is 0. The van der Waals surface area contributed by atoms with Gasteiger partial charge in [0.15, 0.2) is 0 Å². The molecule has 1 aromatic carbocycles. The van der Waals surface area contributed by atoms with Gasteiger partial charge in [0, 0.05) is 12.6 Å². The first-order valence-corrected chi connectivity index (χ1v) is 6.74. The summed E-state index contributed by atoms with van der Waals surface area (Å²) in [5.41, 5.74) is 1.14. The molecule has 0 aliphatic rings. The third-order valence-electron chi connectivity index (χ3n) is 3.48. The second-order valence-corrected chi connectivity index (χ2v) is 4.84. The lowest BCUT2D eigenvalue weighted by atomic mass is 9.97. The van der Waals surface area contributed by atoms with E-state index in [-0.39, 0.29) is 12.5 Å². The molecule has 0 heterocycles. The molecule has 0 atom stereocenters. The van der Waals surface area contributed by atoms with E-state index in [2.05, 4.69) is 5.32 Å². The zero-order valence-corrected chi connectivity index (χ0v) is 11.9. The van der Waals surface area contributed by atoms with Crippen molar-refractivity contribution >= 4 is 11.5 Å². The van der Waals surface area contributed by atoms with Crippen molar-refractivity contribution in [3.63, 3.8) is 0 Å². The van der Waals surface area contributed by atoms with Gasteiger partial charge in [0.2, 0.25) is 5.91 Å². The zero-order chi connectivity index (χ0) is 14.3. The van der Waals surface area contributed by atoms with Crippen molar-refractivity contribution in [2.45, 2.75) is 39.2 Å². The van der Waals surface area contributed by atoms with Crippen LogP contribution in [0.2, 0.25) is 0 Å². The van der Waals surface area contributed by atoms with Gasteiger partial charge in [0.05, 0.1) is 5.60 Å². The van der Waals surface area contributed by atoms with Gasteiger partial charge in [-0.1, -0.05) is 44.2 Å². The van der Waals surface area contributed by atoms with Gasteiger partial charge in [-0.2, -0.15) is 0 Å². The van der Waals surface area contributed by atoms with E-state index in [1.807, 2.05) is 51.1 Å². The molecule has 1 rings (SSSR count). The number of carbonyl (C=O) groups excluding carboxylic acids is 1. The van der Waals surface area contributed by atoms with E-state index >= 15 is 0 Å². The lowest BCUT2D eigenvalue weighted by Crippen LogP contribution is -2.41. The molecule has 2 N–H and O–H groups in total. The molecule has 3 heteroatoms. The Balaban J connectivity index is 2.60.